The summed E-state index contributed by atoms with van der Waals surface area (Å²) >= 11 is 5.79. The second-order valence-electron chi connectivity index (χ2n) is 5.25. The summed E-state index contributed by atoms with van der Waals surface area (Å²) in [7, 11) is 0. The van der Waals surface area contributed by atoms with Gasteiger partial charge in [0.1, 0.15) is 0 Å². The third-order valence-electron chi connectivity index (χ3n) is 3.71. The molecule has 0 N–H and O–H groups in total. The second-order valence-corrected chi connectivity index (χ2v) is 5.55. The molecule has 5 atom stereocenters. The largest absolute Gasteiger partial charge is 0.350 e. The molecule has 0 bridgehead atoms. The Labute approximate surface area is 103 Å². The van der Waals surface area contributed by atoms with Gasteiger partial charge in [-0.2, -0.15) is 0 Å². The molecule has 92 valence electrons. The Bertz CT molecular complexity index is 277. The molecule has 1 saturated heterocycles. The van der Waals surface area contributed by atoms with Gasteiger partial charge in [0.05, 0.1) is 18.6 Å². The summed E-state index contributed by atoms with van der Waals surface area (Å²) in [6.07, 6.45) is 3.53. The molecule has 16 heavy (non-hydrogen) atoms. The Morgan fingerprint density at radius 1 is 1.44 bits per heavy atom. The fourth-order valence-electron chi connectivity index (χ4n) is 3.06. The Morgan fingerprint density at radius 2 is 2.19 bits per heavy atom. The van der Waals surface area contributed by atoms with Crippen LogP contribution in [0.5, 0.6) is 0 Å². The lowest BCUT2D eigenvalue weighted by Gasteiger charge is -2.35. The van der Waals surface area contributed by atoms with Crippen LogP contribution in [0.4, 0.5) is 0 Å². The zero-order valence-corrected chi connectivity index (χ0v) is 11.0. The van der Waals surface area contributed by atoms with Gasteiger partial charge in [0, 0.05) is 5.92 Å². The van der Waals surface area contributed by atoms with Crippen molar-refractivity contribution >= 4 is 11.6 Å². The van der Waals surface area contributed by atoms with Crippen LogP contribution in [0, 0.1) is 17.8 Å². The van der Waals surface area contributed by atoms with Gasteiger partial charge in [-0.05, 0) is 25.2 Å². The molecule has 0 aromatic heterocycles. The summed E-state index contributed by atoms with van der Waals surface area (Å²) in [5.74, 6) is 2.15. The number of alkyl halides is 1. The van der Waals surface area contributed by atoms with E-state index in [9.17, 15) is 0 Å². The van der Waals surface area contributed by atoms with Crippen LogP contribution in [0.25, 0.3) is 0 Å². The Balaban J connectivity index is 2.04. The molecule has 1 heterocycles. The highest BCUT2D eigenvalue weighted by Crippen LogP contribution is 2.38. The summed E-state index contributed by atoms with van der Waals surface area (Å²) < 4.78 is 11.6. The van der Waals surface area contributed by atoms with Crippen LogP contribution in [-0.4, -0.2) is 24.9 Å². The lowest BCUT2D eigenvalue weighted by Crippen LogP contribution is -2.35. The Morgan fingerprint density at radius 3 is 2.75 bits per heavy atom. The van der Waals surface area contributed by atoms with Crippen molar-refractivity contribution in [2.45, 2.75) is 39.6 Å². The first-order valence-corrected chi connectivity index (χ1v) is 6.65. The van der Waals surface area contributed by atoms with Crippen LogP contribution in [0.2, 0.25) is 0 Å². The van der Waals surface area contributed by atoms with Gasteiger partial charge in [-0.1, -0.05) is 25.5 Å². The summed E-state index contributed by atoms with van der Waals surface area (Å²) in [6, 6.07) is 0. The summed E-state index contributed by atoms with van der Waals surface area (Å²) in [4.78, 5) is 0. The minimum Gasteiger partial charge on any atom is -0.350 e. The van der Waals surface area contributed by atoms with E-state index in [1.807, 2.05) is 0 Å². The first-order valence-electron chi connectivity index (χ1n) is 6.12. The number of rotatable bonds is 2. The van der Waals surface area contributed by atoms with Crippen molar-refractivity contribution in [2.75, 3.05) is 12.5 Å². The average Bonchev–Trinajstić information content (AvgIpc) is 2.64. The molecule has 0 radical (unpaired) electrons. The lowest BCUT2D eigenvalue weighted by atomic mass is 9.74. The van der Waals surface area contributed by atoms with E-state index in [4.69, 9.17) is 21.1 Å². The zero-order valence-electron chi connectivity index (χ0n) is 10.3. The first-order chi connectivity index (χ1) is 7.61. The fraction of sp³-hybridized carbons (Fsp3) is 0.846. The Kier molecular flexibility index (Phi) is 3.93. The van der Waals surface area contributed by atoms with Gasteiger partial charge >= 0.3 is 0 Å². The van der Waals surface area contributed by atoms with Crippen LogP contribution in [0.3, 0.4) is 0 Å². The SMILES string of the molecule is CC1=C[C@@H](C)[C@H]([C@@H]2OC[C@H](CCl)O2)[C@@H](C)C1. The maximum Gasteiger partial charge on any atom is 0.161 e. The van der Waals surface area contributed by atoms with E-state index < -0.39 is 0 Å². The van der Waals surface area contributed by atoms with E-state index in [0.29, 0.717) is 30.2 Å². The molecular weight excluding hydrogens is 224 g/mol. The minimum absolute atomic E-state index is 0.0573. The maximum absolute atomic E-state index is 5.84. The number of ether oxygens (including phenoxy) is 2. The van der Waals surface area contributed by atoms with Crippen molar-refractivity contribution in [2.24, 2.45) is 17.8 Å². The first kappa shape index (κ1) is 12.4. The van der Waals surface area contributed by atoms with Gasteiger partial charge in [0.2, 0.25) is 0 Å². The molecule has 1 fully saturated rings. The summed E-state index contributed by atoms with van der Waals surface area (Å²) in [5.41, 5.74) is 1.49. The predicted octanol–water partition coefficient (Wildman–Crippen LogP) is 3.21. The van der Waals surface area contributed by atoms with Crippen LogP contribution >= 0.6 is 11.6 Å². The summed E-state index contributed by atoms with van der Waals surface area (Å²) in [6.45, 7) is 7.40. The van der Waals surface area contributed by atoms with E-state index in [2.05, 4.69) is 26.8 Å². The highest BCUT2D eigenvalue weighted by atomic mass is 35.5. The van der Waals surface area contributed by atoms with Crippen LogP contribution in [0.15, 0.2) is 11.6 Å². The van der Waals surface area contributed by atoms with Crippen LogP contribution < -0.4 is 0 Å². The predicted molar refractivity (Wildman–Crippen MR) is 65.5 cm³/mol. The molecule has 0 spiro atoms. The molecule has 0 aromatic carbocycles. The molecule has 2 nitrogen and oxygen atoms in total. The van der Waals surface area contributed by atoms with Gasteiger partial charge in [0.25, 0.3) is 0 Å². The van der Waals surface area contributed by atoms with Gasteiger partial charge in [-0.15, -0.1) is 11.6 Å². The van der Waals surface area contributed by atoms with E-state index in [1.165, 1.54) is 5.57 Å². The van der Waals surface area contributed by atoms with Gasteiger partial charge in [-0.3, -0.25) is 0 Å². The number of hydrogen-bond donors (Lipinski definition) is 0. The van der Waals surface area contributed by atoms with Gasteiger partial charge < -0.3 is 9.47 Å². The smallest absolute Gasteiger partial charge is 0.161 e. The van der Waals surface area contributed by atoms with Crippen molar-refractivity contribution < 1.29 is 9.47 Å². The summed E-state index contributed by atoms with van der Waals surface area (Å²) in [5, 5.41) is 0. The van der Waals surface area contributed by atoms with E-state index in [0.717, 1.165) is 6.42 Å². The highest BCUT2D eigenvalue weighted by molar-refractivity contribution is 6.18. The quantitative estimate of drug-likeness (QED) is 0.549. The number of hydrogen-bond acceptors (Lipinski definition) is 2. The third kappa shape index (κ3) is 2.44. The number of halogens is 1. The molecule has 3 heteroatoms. The van der Waals surface area contributed by atoms with Crippen molar-refractivity contribution in [3.8, 4) is 0 Å². The van der Waals surface area contributed by atoms with Crippen molar-refractivity contribution in [3.63, 3.8) is 0 Å². The molecule has 1 aliphatic heterocycles. The monoisotopic (exact) mass is 244 g/mol. The minimum atomic E-state index is -0.0573. The van der Waals surface area contributed by atoms with Crippen molar-refractivity contribution in [1.29, 1.82) is 0 Å². The molecule has 0 unspecified atom stereocenters. The van der Waals surface area contributed by atoms with Crippen LogP contribution in [-0.2, 0) is 9.47 Å². The number of allylic oxidation sites excluding steroid dienone is 2. The molecule has 0 amide bonds. The van der Waals surface area contributed by atoms with Crippen LogP contribution in [0.1, 0.15) is 27.2 Å². The Hall–Kier alpha value is -0.0500. The molecule has 2 aliphatic rings. The van der Waals surface area contributed by atoms with Crippen molar-refractivity contribution in [1.82, 2.24) is 0 Å². The second kappa shape index (κ2) is 5.07. The van der Waals surface area contributed by atoms with Gasteiger partial charge in [-0.25, -0.2) is 0 Å². The topological polar surface area (TPSA) is 18.5 Å². The molecular formula is C13H21ClO2. The molecule has 2 rings (SSSR count). The van der Waals surface area contributed by atoms with E-state index in [1.54, 1.807) is 0 Å². The lowest BCUT2D eigenvalue weighted by molar-refractivity contribution is -0.119. The van der Waals surface area contributed by atoms with E-state index >= 15 is 0 Å². The van der Waals surface area contributed by atoms with Gasteiger partial charge in [0.15, 0.2) is 6.29 Å². The standard InChI is InChI=1S/C13H21ClO2/c1-8-4-9(2)12(10(3)5-8)13-15-7-11(6-14)16-13/h4,9-13H,5-7H2,1-3H3/t9-,10+,11+,12+,13-/m1/s1. The zero-order chi connectivity index (χ0) is 11.7. The average molecular weight is 245 g/mol. The maximum atomic E-state index is 5.84. The molecule has 1 aliphatic carbocycles. The van der Waals surface area contributed by atoms with E-state index in [-0.39, 0.29) is 12.4 Å². The molecule has 0 saturated carbocycles. The van der Waals surface area contributed by atoms with Crippen molar-refractivity contribution in [3.05, 3.63) is 11.6 Å². The normalized spacial score (nSPS) is 44.5. The molecule has 0 aromatic rings. The third-order valence-corrected chi connectivity index (χ3v) is 4.06. The highest BCUT2D eigenvalue weighted by Gasteiger charge is 2.39. The fourth-order valence-corrected chi connectivity index (χ4v) is 3.22.